The second kappa shape index (κ2) is 7.43. The van der Waals surface area contributed by atoms with Crippen molar-refractivity contribution in [2.24, 2.45) is 5.92 Å². The van der Waals surface area contributed by atoms with Gasteiger partial charge in [0.15, 0.2) is 11.5 Å². The largest absolute Gasteiger partial charge is 0.504 e. The maximum absolute atomic E-state index is 12.7. The van der Waals surface area contributed by atoms with Crippen LogP contribution in [0.25, 0.3) is 0 Å². The minimum absolute atomic E-state index is 0.0161. The molecule has 2 aromatic rings. The van der Waals surface area contributed by atoms with Crippen molar-refractivity contribution in [1.29, 1.82) is 0 Å². The van der Waals surface area contributed by atoms with E-state index in [0.717, 1.165) is 23.2 Å². The van der Waals surface area contributed by atoms with Crippen molar-refractivity contribution >= 4 is 11.6 Å². The van der Waals surface area contributed by atoms with Gasteiger partial charge < -0.3 is 20.5 Å². The zero-order valence-corrected chi connectivity index (χ0v) is 15.8. The third kappa shape index (κ3) is 3.03. The number of ether oxygens (including phenoxy) is 1. The highest BCUT2D eigenvalue weighted by Crippen LogP contribution is 2.51. The summed E-state index contributed by atoms with van der Waals surface area (Å²) < 4.78 is 5.17. The molecule has 3 N–H and O–H groups in total. The number of amides is 1. The first-order valence-electron chi connectivity index (χ1n) is 9.46. The molecule has 144 valence electrons. The minimum atomic E-state index is -0.124. The van der Waals surface area contributed by atoms with Crippen LogP contribution >= 0.6 is 0 Å². The molecule has 0 saturated carbocycles. The highest BCUT2D eigenvalue weighted by Gasteiger charge is 2.39. The quantitative estimate of drug-likeness (QED) is 0.686. The summed E-state index contributed by atoms with van der Waals surface area (Å²) >= 11 is 0. The van der Waals surface area contributed by atoms with Crippen LogP contribution in [-0.4, -0.2) is 24.7 Å². The summed E-state index contributed by atoms with van der Waals surface area (Å²) in [7, 11) is 1.54. The first-order chi connectivity index (χ1) is 13.6. The summed E-state index contributed by atoms with van der Waals surface area (Å²) in [6, 6.07) is 11.3. The number of fused-ring (bicyclic) bond motifs is 3. The van der Waals surface area contributed by atoms with E-state index in [1.54, 1.807) is 18.2 Å². The number of hydrogen-bond acceptors (Lipinski definition) is 4. The predicted molar refractivity (Wildman–Crippen MR) is 110 cm³/mol. The predicted octanol–water partition coefficient (Wildman–Crippen LogP) is 4.14. The lowest BCUT2D eigenvalue weighted by molar-refractivity contribution is 0.0958. The number of allylic oxidation sites excluding steroid dienone is 2. The van der Waals surface area contributed by atoms with Crippen LogP contribution in [0.2, 0.25) is 0 Å². The standard InChI is InChI=1S/C23H24N2O3/c1-3-12-24-23(27)18-9-5-8-17-15-6-4-7-16(15)21(25-22(17)18)14-10-11-20(28-2)19(26)13-14/h3-6,8-11,13,15-16,21,25-26H,1,7,12H2,2H3,(H,24,27). The average Bonchev–Trinajstić information content (AvgIpc) is 3.21. The summed E-state index contributed by atoms with van der Waals surface area (Å²) in [6.45, 7) is 4.08. The number of para-hydroxylation sites is 1. The van der Waals surface area contributed by atoms with Gasteiger partial charge in [0, 0.05) is 12.5 Å². The van der Waals surface area contributed by atoms with Crippen molar-refractivity contribution in [3.8, 4) is 11.5 Å². The van der Waals surface area contributed by atoms with Gasteiger partial charge in [0.05, 0.1) is 24.4 Å². The van der Waals surface area contributed by atoms with E-state index in [1.165, 1.54) is 7.11 Å². The lowest BCUT2D eigenvalue weighted by atomic mass is 9.76. The van der Waals surface area contributed by atoms with Crippen molar-refractivity contribution in [2.75, 3.05) is 19.0 Å². The van der Waals surface area contributed by atoms with Gasteiger partial charge in [0.25, 0.3) is 5.91 Å². The molecule has 4 rings (SSSR count). The van der Waals surface area contributed by atoms with E-state index in [1.807, 2.05) is 18.2 Å². The zero-order chi connectivity index (χ0) is 19.7. The van der Waals surface area contributed by atoms with Crippen molar-refractivity contribution in [2.45, 2.75) is 18.4 Å². The molecule has 2 aliphatic rings. The van der Waals surface area contributed by atoms with E-state index in [2.05, 4.69) is 35.4 Å². The lowest BCUT2D eigenvalue weighted by Crippen LogP contribution is -2.32. The molecule has 0 radical (unpaired) electrons. The Morgan fingerprint density at radius 2 is 2.25 bits per heavy atom. The molecule has 1 amide bonds. The Morgan fingerprint density at radius 3 is 3.00 bits per heavy atom. The number of anilines is 1. The summed E-state index contributed by atoms with van der Waals surface area (Å²) in [5, 5.41) is 16.7. The van der Waals surface area contributed by atoms with Crippen LogP contribution < -0.4 is 15.4 Å². The van der Waals surface area contributed by atoms with Gasteiger partial charge in [-0.05, 0) is 41.7 Å². The van der Waals surface area contributed by atoms with Gasteiger partial charge in [-0.2, -0.15) is 0 Å². The fourth-order valence-corrected chi connectivity index (χ4v) is 4.30. The lowest BCUT2D eigenvalue weighted by Gasteiger charge is -2.38. The van der Waals surface area contributed by atoms with Gasteiger partial charge in [-0.1, -0.05) is 36.4 Å². The second-order valence-electron chi connectivity index (χ2n) is 7.18. The first kappa shape index (κ1) is 18.2. The third-order valence-corrected chi connectivity index (χ3v) is 5.61. The second-order valence-corrected chi connectivity index (χ2v) is 7.18. The molecule has 1 aliphatic heterocycles. The summed E-state index contributed by atoms with van der Waals surface area (Å²) in [5.74, 6) is 1.00. The average molecular weight is 376 g/mol. The highest BCUT2D eigenvalue weighted by molar-refractivity contribution is 6.00. The van der Waals surface area contributed by atoms with Crippen LogP contribution in [0.1, 0.15) is 39.9 Å². The van der Waals surface area contributed by atoms with Gasteiger partial charge in [-0.25, -0.2) is 0 Å². The topological polar surface area (TPSA) is 70.6 Å². The summed E-state index contributed by atoms with van der Waals surface area (Å²) in [6.07, 6.45) is 7.04. The molecule has 1 aliphatic carbocycles. The fourth-order valence-electron chi connectivity index (χ4n) is 4.30. The van der Waals surface area contributed by atoms with Crippen molar-refractivity contribution in [3.63, 3.8) is 0 Å². The van der Waals surface area contributed by atoms with Crippen LogP contribution in [0.3, 0.4) is 0 Å². The molecular formula is C23H24N2O3. The van der Waals surface area contributed by atoms with Crippen LogP contribution in [-0.2, 0) is 0 Å². The molecule has 5 heteroatoms. The molecule has 0 bridgehead atoms. The number of methoxy groups -OCH3 is 1. The zero-order valence-electron chi connectivity index (χ0n) is 15.8. The number of phenolic OH excluding ortho intramolecular Hbond substituents is 1. The van der Waals surface area contributed by atoms with Crippen LogP contribution in [0.5, 0.6) is 11.5 Å². The minimum Gasteiger partial charge on any atom is -0.504 e. The summed E-state index contributed by atoms with van der Waals surface area (Å²) in [4.78, 5) is 12.7. The molecule has 28 heavy (non-hydrogen) atoms. The SMILES string of the molecule is C=CCNC(=O)c1cccc2c1NC(c1ccc(OC)c(O)c1)C1CC=CC21. The van der Waals surface area contributed by atoms with Gasteiger partial charge >= 0.3 is 0 Å². The maximum Gasteiger partial charge on any atom is 0.253 e. The Hall–Kier alpha value is -3.21. The number of rotatable bonds is 5. The van der Waals surface area contributed by atoms with E-state index in [0.29, 0.717) is 23.8 Å². The Balaban J connectivity index is 1.75. The highest BCUT2D eigenvalue weighted by atomic mass is 16.5. The first-order valence-corrected chi connectivity index (χ1v) is 9.46. The molecule has 0 spiro atoms. The molecule has 1 heterocycles. The number of carbonyl (C=O) groups is 1. The van der Waals surface area contributed by atoms with E-state index in [4.69, 9.17) is 4.74 Å². The molecule has 3 atom stereocenters. The van der Waals surface area contributed by atoms with Crippen LogP contribution in [0.15, 0.2) is 61.2 Å². The smallest absolute Gasteiger partial charge is 0.253 e. The number of carbonyl (C=O) groups excluding carboxylic acids is 1. The Bertz CT molecular complexity index is 951. The van der Waals surface area contributed by atoms with Gasteiger partial charge in [0.1, 0.15) is 0 Å². The van der Waals surface area contributed by atoms with E-state index < -0.39 is 0 Å². The monoisotopic (exact) mass is 376 g/mol. The number of phenols is 1. The van der Waals surface area contributed by atoms with E-state index in [-0.39, 0.29) is 23.6 Å². The van der Waals surface area contributed by atoms with Crippen molar-refractivity contribution < 1.29 is 14.6 Å². The normalized spacial score (nSPS) is 22.0. The molecule has 2 aromatic carbocycles. The number of nitrogens with one attached hydrogen (secondary N) is 2. The number of benzene rings is 2. The van der Waals surface area contributed by atoms with E-state index in [9.17, 15) is 9.90 Å². The van der Waals surface area contributed by atoms with Crippen molar-refractivity contribution in [3.05, 3.63) is 77.9 Å². The van der Waals surface area contributed by atoms with Gasteiger partial charge in [-0.3, -0.25) is 4.79 Å². The Kier molecular flexibility index (Phi) is 4.82. The third-order valence-electron chi connectivity index (χ3n) is 5.61. The van der Waals surface area contributed by atoms with E-state index >= 15 is 0 Å². The van der Waals surface area contributed by atoms with Crippen LogP contribution in [0, 0.1) is 5.92 Å². The molecule has 3 unspecified atom stereocenters. The summed E-state index contributed by atoms with van der Waals surface area (Å²) in [5.41, 5.74) is 3.60. The maximum atomic E-state index is 12.7. The van der Waals surface area contributed by atoms with Crippen LogP contribution in [0.4, 0.5) is 5.69 Å². The van der Waals surface area contributed by atoms with Gasteiger partial charge in [-0.15, -0.1) is 6.58 Å². The number of hydrogen-bond donors (Lipinski definition) is 3. The van der Waals surface area contributed by atoms with Crippen molar-refractivity contribution in [1.82, 2.24) is 5.32 Å². The molecule has 0 fully saturated rings. The van der Waals surface area contributed by atoms with Gasteiger partial charge in [0.2, 0.25) is 0 Å². The molecular weight excluding hydrogens is 352 g/mol. The fraction of sp³-hybridized carbons (Fsp3) is 0.261. The number of aromatic hydroxyl groups is 1. The molecule has 5 nitrogen and oxygen atoms in total. The molecule has 0 aromatic heterocycles. The Morgan fingerprint density at radius 1 is 1.39 bits per heavy atom. The Labute approximate surface area is 164 Å². The molecule has 0 saturated heterocycles.